The first-order chi connectivity index (χ1) is 9.10. The average Bonchev–Trinajstić information content (AvgIpc) is 2.36. The van der Waals surface area contributed by atoms with Crippen LogP contribution in [0.3, 0.4) is 0 Å². The molecule has 0 saturated carbocycles. The van der Waals surface area contributed by atoms with Crippen LogP contribution in [0.15, 0.2) is 12.1 Å². The molecular formula is C15H20N2O2. The maximum absolute atomic E-state index is 11.7. The number of pyridine rings is 1. The predicted molar refractivity (Wildman–Crippen MR) is 73.7 cm³/mol. The predicted octanol–water partition coefficient (Wildman–Crippen LogP) is 2.21. The van der Waals surface area contributed by atoms with Gasteiger partial charge in [-0.2, -0.15) is 0 Å². The number of ketones is 1. The van der Waals surface area contributed by atoms with Gasteiger partial charge in [-0.15, -0.1) is 0 Å². The van der Waals surface area contributed by atoms with Crippen molar-refractivity contribution >= 4 is 11.6 Å². The van der Waals surface area contributed by atoms with Gasteiger partial charge in [0, 0.05) is 37.4 Å². The van der Waals surface area contributed by atoms with Crippen molar-refractivity contribution in [3.8, 4) is 0 Å². The summed E-state index contributed by atoms with van der Waals surface area (Å²) in [6.45, 7) is 7.33. The molecule has 1 spiro atoms. The second-order valence-corrected chi connectivity index (χ2v) is 5.85. The van der Waals surface area contributed by atoms with E-state index in [1.165, 1.54) is 0 Å². The monoisotopic (exact) mass is 260 g/mol. The third-order valence-electron chi connectivity index (χ3n) is 4.30. The fourth-order valence-electron chi connectivity index (χ4n) is 3.09. The van der Waals surface area contributed by atoms with Gasteiger partial charge in [0.1, 0.15) is 5.82 Å². The molecule has 0 aromatic carbocycles. The van der Waals surface area contributed by atoms with E-state index in [1.807, 2.05) is 19.1 Å². The van der Waals surface area contributed by atoms with Crippen molar-refractivity contribution in [1.82, 2.24) is 4.98 Å². The summed E-state index contributed by atoms with van der Waals surface area (Å²) in [6, 6.07) is 3.80. The van der Waals surface area contributed by atoms with Gasteiger partial charge in [0.2, 0.25) is 0 Å². The Labute approximate surface area is 113 Å². The van der Waals surface area contributed by atoms with Crippen LogP contribution in [0, 0.1) is 12.3 Å². The summed E-state index contributed by atoms with van der Waals surface area (Å²) in [6.07, 6.45) is 2.26. The van der Waals surface area contributed by atoms with Crippen LogP contribution in [0.4, 0.5) is 5.82 Å². The summed E-state index contributed by atoms with van der Waals surface area (Å²) >= 11 is 0. The van der Waals surface area contributed by atoms with E-state index in [4.69, 9.17) is 4.74 Å². The summed E-state index contributed by atoms with van der Waals surface area (Å²) in [7, 11) is 0. The Morgan fingerprint density at radius 1 is 1.32 bits per heavy atom. The van der Waals surface area contributed by atoms with Crippen molar-refractivity contribution in [3.63, 3.8) is 0 Å². The second kappa shape index (κ2) is 4.60. The number of Topliss-reactive ketones (excluding diaryl/α,β-unsaturated/α-hetero) is 1. The highest BCUT2D eigenvalue weighted by atomic mass is 16.5. The fourth-order valence-corrected chi connectivity index (χ4v) is 3.09. The molecule has 0 unspecified atom stereocenters. The highest BCUT2D eigenvalue weighted by molar-refractivity contribution is 5.99. The molecule has 0 radical (unpaired) electrons. The number of carbonyl (C=O) groups is 1. The molecule has 0 aliphatic carbocycles. The number of anilines is 1. The standard InChI is InChI=1S/C15H20N2O2/c1-11-3-4-13(12(2)18)14(16-11)17-9-15(10-17)5-7-19-8-6-15/h3-4H,5-10H2,1-2H3. The topological polar surface area (TPSA) is 42.4 Å². The molecule has 3 heterocycles. The normalized spacial score (nSPS) is 21.3. The average molecular weight is 260 g/mol. The van der Waals surface area contributed by atoms with Crippen LogP contribution < -0.4 is 4.90 Å². The fraction of sp³-hybridized carbons (Fsp3) is 0.600. The van der Waals surface area contributed by atoms with E-state index >= 15 is 0 Å². The van der Waals surface area contributed by atoms with Crippen LogP contribution in [-0.4, -0.2) is 37.1 Å². The van der Waals surface area contributed by atoms with Gasteiger partial charge in [-0.3, -0.25) is 4.79 Å². The first-order valence-corrected chi connectivity index (χ1v) is 6.91. The molecule has 0 amide bonds. The van der Waals surface area contributed by atoms with E-state index in [0.717, 1.165) is 56.2 Å². The Morgan fingerprint density at radius 2 is 2.00 bits per heavy atom. The lowest BCUT2D eigenvalue weighted by Gasteiger charge is -2.53. The molecule has 2 aliphatic rings. The second-order valence-electron chi connectivity index (χ2n) is 5.85. The minimum atomic E-state index is 0.0930. The van der Waals surface area contributed by atoms with Crippen molar-refractivity contribution in [1.29, 1.82) is 0 Å². The van der Waals surface area contributed by atoms with Crippen molar-refractivity contribution in [2.45, 2.75) is 26.7 Å². The van der Waals surface area contributed by atoms with Gasteiger partial charge in [-0.05, 0) is 38.8 Å². The number of nitrogens with zero attached hydrogens (tertiary/aromatic N) is 2. The van der Waals surface area contributed by atoms with Crippen molar-refractivity contribution in [2.24, 2.45) is 5.41 Å². The Kier molecular flexibility index (Phi) is 3.05. The third-order valence-corrected chi connectivity index (χ3v) is 4.30. The Morgan fingerprint density at radius 3 is 2.63 bits per heavy atom. The lowest BCUT2D eigenvalue weighted by atomic mass is 9.73. The lowest BCUT2D eigenvalue weighted by molar-refractivity contribution is -0.000518. The number of hydrogen-bond acceptors (Lipinski definition) is 4. The molecule has 2 saturated heterocycles. The third kappa shape index (κ3) is 2.25. The smallest absolute Gasteiger partial charge is 0.163 e. The number of hydrogen-bond donors (Lipinski definition) is 0. The summed E-state index contributed by atoms with van der Waals surface area (Å²) in [5, 5.41) is 0. The van der Waals surface area contributed by atoms with Crippen molar-refractivity contribution in [3.05, 3.63) is 23.4 Å². The van der Waals surface area contributed by atoms with Gasteiger partial charge in [-0.25, -0.2) is 4.98 Å². The molecule has 0 atom stereocenters. The van der Waals surface area contributed by atoms with E-state index in [2.05, 4.69) is 9.88 Å². The molecule has 19 heavy (non-hydrogen) atoms. The van der Waals surface area contributed by atoms with E-state index in [0.29, 0.717) is 5.41 Å². The molecular weight excluding hydrogens is 240 g/mol. The van der Waals surface area contributed by atoms with E-state index in [9.17, 15) is 4.79 Å². The zero-order chi connectivity index (χ0) is 13.5. The SMILES string of the molecule is CC(=O)c1ccc(C)nc1N1CC2(CCOCC2)C1. The number of rotatable bonds is 2. The maximum Gasteiger partial charge on any atom is 0.163 e. The molecule has 4 heteroatoms. The number of aromatic nitrogens is 1. The summed E-state index contributed by atoms with van der Waals surface area (Å²) in [5.41, 5.74) is 2.11. The molecule has 0 bridgehead atoms. The molecule has 2 fully saturated rings. The Bertz CT molecular complexity index is 499. The van der Waals surface area contributed by atoms with Crippen molar-refractivity contribution < 1.29 is 9.53 Å². The Balaban J connectivity index is 1.81. The maximum atomic E-state index is 11.7. The van der Waals surface area contributed by atoms with Crippen LogP contribution in [0.5, 0.6) is 0 Å². The van der Waals surface area contributed by atoms with Gasteiger partial charge in [-0.1, -0.05) is 0 Å². The van der Waals surface area contributed by atoms with E-state index in [1.54, 1.807) is 6.92 Å². The molecule has 3 rings (SSSR count). The number of ether oxygens (including phenoxy) is 1. The van der Waals surface area contributed by atoms with Crippen LogP contribution >= 0.6 is 0 Å². The minimum Gasteiger partial charge on any atom is -0.381 e. The van der Waals surface area contributed by atoms with Crippen LogP contribution in [0.2, 0.25) is 0 Å². The molecule has 1 aromatic rings. The Hall–Kier alpha value is -1.42. The first kappa shape index (κ1) is 12.6. The quantitative estimate of drug-likeness (QED) is 0.765. The lowest BCUT2D eigenvalue weighted by Crippen LogP contribution is -2.59. The molecule has 0 N–H and O–H groups in total. The minimum absolute atomic E-state index is 0.0930. The van der Waals surface area contributed by atoms with E-state index in [-0.39, 0.29) is 5.78 Å². The summed E-state index contributed by atoms with van der Waals surface area (Å²) in [5.74, 6) is 0.958. The van der Waals surface area contributed by atoms with Crippen LogP contribution in [0.1, 0.15) is 35.8 Å². The van der Waals surface area contributed by atoms with Gasteiger partial charge >= 0.3 is 0 Å². The zero-order valence-corrected chi connectivity index (χ0v) is 11.6. The molecule has 102 valence electrons. The summed E-state index contributed by atoms with van der Waals surface area (Å²) < 4.78 is 5.43. The number of carbonyl (C=O) groups excluding carboxylic acids is 1. The van der Waals surface area contributed by atoms with Gasteiger partial charge in [0.25, 0.3) is 0 Å². The highest BCUT2D eigenvalue weighted by Crippen LogP contribution is 2.42. The number of aryl methyl sites for hydroxylation is 1. The summed E-state index contributed by atoms with van der Waals surface area (Å²) in [4.78, 5) is 18.5. The van der Waals surface area contributed by atoms with Crippen LogP contribution in [-0.2, 0) is 4.74 Å². The van der Waals surface area contributed by atoms with Gasteiger partial charge < -0.3 is 9.64 Å². The molecule has 2 aliphatic heterocycles. The van der Waals surface area contributed by atoms with Gasteiger partial charge in [0.15, 0.2) is 5.78 Å². The zero-order valence-electron chi connectivity index (χ0n) is 11.6. The van der Waals surface area contributed by atoms with Crippen molar-refractivity contribution in [2.75, 3.05) is 31.2 Å². The first-order valence-electron chi connectivity index (χ1n) is 6.91. The largest absolute Gasteiger partial charge is 0.381 e. The van der Waals surface area contributed by atoms with Gasteiger partial charge in [0.05, 0.1) is 5.56 Å². The van der Waals surface area contributed by atoms with E-state index < -0.39 is 0 Å². The highest BCUT2D eigenvalue weighted by Gasteiger charge is 2.45. The molecule has 4 nitrogen and oxygen atoms in total. The molecule has 1 aromatic heterocycles. The van der Waals surface area contributed by atoms with Crippen LogP contribution in [0.25, 0.3) is 0 Å².